The van der Waals surface area contributed by atoms with Crippen molar-refractivity contribution in [3.05, 3.63) is 89.4 Å². The van der Waals surface area contributed by atoms with Crippen molar-refractivity contribution in [1.29, 1.82) is 0 Å². The molecular formula is C27H32N2O4. The number of hydrogen-bond acceptors (Lipinski definition) is 5. The average Bonchev–Trinajstić information content (AvgIpc) is 3.27. The number of nitrogens with zero attached hydrogens (tertiary/aromatic N) is 2. The molecule has 0 spiro atoms. The molecule has 1 fully saturated rings. The van der Waals surface area contributed by atoms with E-state index in [1.807, 2.05) is 55.1 Å². The van der Waals surface area contributed by atoms with Crippen LogP contribution in [0.15, 0.2) is 71.1 Å². The molecule has 1 amide bonds. The predicted molar refractivity (Wildman–Crippen MR) is 127 cm³/mol. The molecule has 0 saturated carbocycles. The number of carbonyl (C=O) groups is 1. The third-order valence-electron chi connectivity index (χ3n) is 5.75. The van der Waals surface area contributed by atoms with Gasteiger partial charge in [0.05, 0.1) is 25.9 Å². The lowest BCUT2D eigenvalue weighted by Crippen LogP contribution is -2.48. The fourth-order valence-corrected chi connectivity index (χ4v) is 4.34. The van der Waals surface area contributed by atoms with Crippen molar-refractivity contribution in [2.24, 2.45) is 0 Å². The number of rotatable bonds is 8. The van der Waals surface area contributed by atoms with E-state index in [0.29, 0.717) is 25.4 Å². The van der Waals surface area contributed by atoms with E-state index in [1.165, 1.54) is 5.56 Å². The third kappa shape index (κ3) is 6.24. The largest absolute Gasteiger partial charge is 0.497 e. The van der Waals surface area contributed by atoms with Gasteiger partial charge < -0.3 is 18.8 Å². The minimum absolute atomic E-state index is 0.0244. The number of morpholine rings is 1. The molecule has 0 bridgehead atoms. The smallest absolute Gasteiger partial charge is 0.289 e. The predicted octanol–water partition coefficient (Wildman–Crippen LogP) is 4.74. The number of benzene rings is 2. The number of furan rings is 1. The van der Waals surface area contributed by atoms with Gasteiger partial charge in [-0.2, -0.15) is 0 Å². The standard InChI is InChI=1S/C27H32N2O4/c1-20-15-29(16-21(2)32-20)27(30)26-13-12-25(33-26)19-28(17-22-8-5-4-6-9-22)18-23-10-7-11-24(14-23)31-3/h4-14,20-21H,15-19H2,1-3H3. The van der Waals surface area contributed by atoms with Gasteiger partial charge in [-0.1, -0.05) is 42.5 Å². The zero-order chi connectivity index (χ0) is 23.2. The van der Waals surface area contributed by atoms with Crippen LogP contribution in [-0.2, 0) is 24.4 Å². The van der Waals surface area contributed by atoms with Gasteiger partial charge in [-0.05, 0) is 49.2 Å². The van der Waals surface area contributed by atoms with E-state index < -0.39 is 0 Å². The maximum atomic E-state index is 13.0. The van der Waals surface area contributed by atoms with Gasteiger partial charge >= 0.3 is 0 Å². The second kappa shape index (κ2) is 10.7. The van der Waals surface area contributed by atoms with Crippen LogP contribution in [0, 0.1) is 0 Å². The van der Waals surface area contributed by atoms with Crippen LogP contribution in [0.4, 0.5) is 0 Å². The summed E-state index contributed by atoms with van der Waals surface area (Å²) in [6.45, 7) is 7.22. The van der Waals surface area contributed by atoms with Gasteiger partial charge in [0.15, 0.2) is 5.76 Å². The second-order valence-corrected chi connectivity index (χ2v) is 8.72. The summed E-state index contributed by atoms with van der Waals surface area (Å²) in [5.41, 5.74) is 2.38. The normalized spacial score (nSPS) is 18.5. The van der Waals surface area contributed by atoms with Crippen LogP contribution in [0.25, 0.3) is 0 Å². The lowest BCUT2D eigenvalue weighted by atomic mass is 10.1. The Morgan fingerprint density at radius 3 is 2.36 bits per heavy atom. The van der Waals surface area contributed by atoms with Gasteiger partial charge in [0.2, 0.25) is 0 Å². The fourth-order valence-electron chi connectivity index (χ4n) is 4.34. The summed E-state index contributed by atoms with van der Waals surface area (Å²) in [5, 5.41) is 0. The molecule has 0 radical (unpaired) electrons. The minimum Gasteiger partial charge on any atom is -0.497 e. The molecule has 1 aliphatic rings. The maximum absolute atomic E-state index is 13.0. The molecule has 2 unspecified atom stereocenters. The highest BCUT2D eigenvalue weighted by molar-refractivity contribution is 5.91. The number of ether oxygens (including phenoxy) is 2. The molecule has 0 N–H and O–H groups in total. The molecule has 1 saturated heterocycles. The Bertz CT molecular complexity index is 1040. The zero-order valence-corrected chi connectivity index (χ0v) is 19.6. The van der Waals surface area contributed by atoms with Crippen LogP contribution in [-0.4, -0.2) is 48.1 Å². The Labute approximate surface area is 195 Å². The van der Waals surface area contributed by atoms with Gasteiger partial charge in [-0.15, -0.1) is 0 Å². The first-order valence-corrected chi connectivity index (χ1v) is 11.4. The molecule has 1 aliphatic heterocycles. The van der Waals surface area contributed by atoms with Gasteiger partial charge in [0.25, 0.3) is 5.91 Å². The number of amides is 1. The summed E-state index contributed by atoms with van der Waals surface area (Å²) in [6, 6.07) is 22.2. The number of hydrogen-bond donors (Lipinski definition) is 0. The lowest BCUT2D eigenvalue weighted by Gasteiger charge is -2.34. The molecule has 6 heteroatoms. The van der Waals surface area contributed by atoms with E-state index in [4.69, 9.17) is 13.9 Å². The van der Waals surface area contributed by atoms with Crippen molar-refractivity contribution in [2.45, 2.75) is 45.7 Å². The van der Waals surface area contributed by atoms with E-state index in [9.17, 15) is 4.79 Å². The highest BCUT2D eigenvalue weighted by Crippen LogP contribution is 2.21. The van der Waals surface area contributed by atoms with Crippen LogP contribution in [0.2, 0.25) is 0 Å². The summed E-state index contributed by atoms with van der Waals surface area (Å²) in [5.74, 6) is 1.91. The van der Waals surface area contributed by atoms with E-state index in [-0.39, 0.29) is 18.1 Å². The number of carbonyl (C=O) groups excluding carboxylic acids is 1. The first-order valence-electron chi connectivity index (χ1n) is 11.4. The topological polar surface area (TPSA) is 55.2 Å². The van der Waals surface area contributed by atoms with Crippen LogP contribution < -0.4 is 4.74 Å². The molecule has 33 heavy (non-hydrogen) atoms. The minimum atomic E-state index is -0.0781. The monoisotopic (exact) mass is 448 g/mol. The fraction of sp³-hybridized carbons (Fsp3) is 0.370. The maximum Gasteiger partial charge on any atom is 0.289 e. The summed E-state index contributed by atoms with van der Waals surface area (Å²) in [7, 11) is 1.68. The molecule has 2 aromatic carbocycles. The highest BCUT2D eigenvalue weighted by Gasteiger charge is 2.28. The first kappa shape index (κ1) is 23.1. The first-order chi connectivity index (χ1) is 16.0. The number of methoxy groups -OCH3 is 1. The van der Waals surface area contributed by atoms with Crippen LogP contribution >= 0.6 is 0 Å². The Balaban J connectivity index is 1.48. The summed E-state index contributed by atoms with van der Waals surface area (Å²) in [4.78, 5) is 17.1. The highest BCUT2D eigenvalue weighted by atomic mass is 16.5. The molecule has 2 heterocycles. The van der Waals surface area contributed by atoms with Crippen molar-refractivity contribution in [1.82, 2.24) is 9.80 Å². The molecule has 6 nitrogen and oxygen atoms in total. The Morgan fingerprint density at radius 1 is 0.939 bits per heavy atom. The Kier molecular flexibility index (Phi) is 7.47. The van der Waals surface area contributed by atoms with Gasteiger partial charge in [-0.25, -0.2) is 0 Å². The lowest BCUT2D eigenvalue weighted by molar-refractivity contribution is -0.0592. The van der Waals surface area contributed by atoms with Crippen LogP contribution in [0.5, 0.6) is 5.75 Å². The quantitative estimate of drug-likeness (QED) is 0.498. The summed E-state index contributed by atoms with van der Waals surface area (Å²) in [6.07, 6.45) is 0.0488. The van der Waals surface area contributed by atoms with E-state index >= 15 is 0 Å². The van der Waals surface area contributed by atoms with E-state index in [0.717, 1.165) is 30.2 Å². The molecule has 1 aromatic heterocycles. The molecule has 4 rings (SSSR count). The van der Waals surface area contributed by atoms with Gasteiger partial charge in [-0.3, -0.25) is 9.69 Å². The molecule has 174 valence electrons. The summed E-state index contributed by atoms with van der Waals surface area (Å²) >= 11 is 0. The SMILES string of the molecule is COc1cccc(CN(Cc2ccccc2)Cc2ccc(C(=O)N3CC(C)OC(C)C3)o2)c1. The van der Waals surface area contributed by atoms with Crippen molar-refractivity contribution in [2.75, 3.05) is 20.2 Å². The van der Waals surface area contributed by atoms with Crippen LogP contribution in [0.3, 0.4) is 0 Å². The van der Waals surface area contributed by atoms with Gasteiger partial charge in [0, 0.05) is 26.2 Å². The van der Waals surface area contributed by atoms with E-state index in [2.05, 4.69) is 29.2 Å². The van der Waals surface area contributed by atoms with Crippen molar-refractivity contribution < 1.29 is 18.7 Å². The Morgan fingerprint density at radius 2 is 1.64 bits per heavy atom. The second-order valence-electron chi connectivity index (χ2n) is 8.72. The van der Waals surface area contributed by atoms with Crippen molar-refractivity contribution in [3.8, 4) is 5.75 Å². The Hall–Kier alpha value is -3.09. The molecule has 0 aliphatic carbocycles. The molecule has 2 atom stereocenters. The van der Waals surface area contributed by atoms with Crippen molar-refractivity contribution >= 4 is 5.91 Å². The molecular weight excluding hydrogens is 416 g/mol. The van der Waals surface area contributed by atoms with Crippen molar-refractivity contribution in [3.63, 3.8) is 0 Å². The average molecular weight is 449 g/mol. The summed E-state index contributed by atoms with van der Waals surface area (Å²) < 4.78 is 17.2. The molecule has 3 aromatic rings. The zero-order valence-electron chi connectivity index (χ0n) is 19.6. The van der Waals surface area contributed by atoms with Gasteiger partial charge in [0.1, 0.15) is 11.5 Å². The van der Waals surface area contributed by atoms with E-state index in [1.54, 1.807) is 13.2 Å². The van der Waals surface area contributed by atoms with Crippen LogP contribution in [0.1, 0.15) is 41.3 Å². The third-order valence-corrected chi connectivity index (χ3v) is 5.75.